The molecule has 0 amide bonds. The predicted molar refractivity (Wildman–Crippen MR) is 83.7 cm³/mol. The van der Waals surface area contributed by atoms with Gasteiger partial charge in [-0.1, -0.05) is 36.4 Å². The average molecular weight is 274 g/mol. The summed E-state index contributed by atoms with van der Waals surface area (Å²) in [6.07, 6.45) is 0. The molecule has 0 unspecified atom stereocenters. The standard InChI is InChI=1S/C18H14N2O/c1-12-10-13(2)20(18(21)16(12)11-19)17-9-5-7-14-6-3-4-8-15(14)17/h3-10H,1-2H3. The molecule has 0 spiro atoms. The lowest BCUT2D eigenvalue weighted by atomic mass is 10.1. The summed E-state index contributed by atoms with van der Waals surface area (Å²) in [6.45, 7) is 3.68. The highest BCUT2D eigenvalue weighted by molar-refractivity contribution is 5.90. The minimum atomic E-state index is -0.258. The highest BCUT2D eigenvalue weighted by Gasteiger charge is 2.13. The Balaban J connectivity index is 2.45. The van der Waals surface area contributed by atoms with E-state index in [0.717, 1.165) is 27.7 Å². The first-order valence-electron chi connectivity index (χ1n) is 6.75. The quantitative estimate of drug-likeness (QED) is 0.682. The van der Waals surface area contributed by atoms with Crippen molar-refractivity contribution < 1.29 is 0 Å². The second-order valence-electron chi connectivity index (χ2n) is 5.09. The maximum absolute atomic E-state index is 12.6. The highest BCUT2D eigenvalue weighted by Crippen LogP contribution is 2.22. The van der Waals surface area contributed by atoms with Crippen molar-refractivity contribution in [3.8, 4) is 11.8 Å². The summed E-state index contributed by atoms with van der Waals surface area (Å²) in [5, 5.41) is 11.3. The van der Waals surface area contributed by atoms with Crippen molar-refractivity contribution >= 4 is 10.8 Å². The molecule has 0 atom stereocenters. The molecular formula is C18H14N2O. The molecule has 0 saturated carbocycles. The van der Waals surface area contributed by atoms with Crippen LogP contribution >= 0.6 is 0 Å². The van der Waals surface area contributed by atoms with Gasteiger partial charge in [-0.25, -0.2) is 0 Å². The molecular weight excluding hydrogens is 260 g/mol. The van der Waals surface area contributed by atoms with E-state index in [1.54, 1.807) is 11.5 Å². The summed E-state index contributed by atoms with van der Waals surface area (Å²) in [4.78, 5) is 12.6. The van der Waals surface area contributed by atoms with Crippen LogP contribution in [0.15, 0.2) is 53.3 Å². The van der Waals surface area contributed by atoms with Gasteiger partial charge >= 0.3 is 0 Å². The fraction of sp³-hybridized carbons (Fsp3) is 0.111. The lowest BCUT2D eigenvalue weighted by Gasteiger charge is -2.14. The zero-order valence-corrected chi connectivity index (χ0v) is 11.9. The summed E-state index contributed by atoms with van der Waals surface area (Å²) < 4.78 is 1.62. The average Bonchev–Trinajstić information content (AvgIpc) is 2.47. The zero-order chi connectivity index (χ0) is 15.0. The van der Waals surface area contributed by atoms with Crippen LogP contribution < -0.4 is 5.56 Å². The molecule has 0 radical (unpaired) electrons. The fourth-order valence-electron chi connectivity index (χ4n) is 2.73. The monoisotopic (exact) mass is 274 g/mol. The molecule has 0 aliphatic rings. The van der Waals surface area contributed by atoms with Crippen LogP contribution in [0.25, 0.3) is 16.5 Å². The molecule has 0 aliphatic carbocycles. The highest BCUT2D eigenvalue weighted by atomic mass is 16.1. The van der Waals surface area contributed by atoms with Crippen molar-refractivity contribution in [1.82, 2.24) is 4.57 Å². The van der Waals surface area contributed by atoms with E-state index in [9.17, 15) is 10.1 Å². The normalized spacial score (nSPS) is 10.5. The first kappa shape index (κ1) is 13.1. The third kappa shape index (κ3) is 2.02. The van der Waals surface area contributed by atoms with E-state index in [2.05, 4.69) is 0 Å². The van der Waals surface area contributed by atoms with E-state index < -0.39 is 0 Å². The van der Waals surface area contributed by atoms with E-state index in [4.69, 9.17) is 0 Å². The Labute approximate surface area is 122 Å². The van der Waals surface area contributed by atoms with Crippen LogP contribution in [0.5, 0.6) is 0 Å². The number of pyridine rings is 1. The van der Waals surface area contributed by atoms with Crippen molar-refractivity contribution in [2.75, 3.05) is 0 Å². The van der Waals surface area contributed by atoms with Gasteiger partial charge in [0.15, 0.2) is 0 Å². The molecule has 3 aromatic rings. The van der Waals surface area contributed by atoms with Crippen LogP contribution in [-0.2, 0) is 0 Å². The zero-order valence-electron chi connectivity index (χ0n) is 11.9. The Morgan fingerprint density at radius 2 is 1.76 bits per heavy atom. The minimum Gasteiger partial charge on any atom is -0.280 e. The number of nitrogens with zero attached hydrogens (tertiary/aromatic N) is 2. The maximum Gasteiger partial charge on any atom is 0.273 e. The maximum atomic E-state index is 12.6. The van der Waals surface area contributed by atoms with E-state index >= 15 is 0 Å². The van der Waals surface area contributed by atoms with Crippen molar-refractivity contribution in [2.24, 2.45) is 0 Å². The van der Waals surface area contributed by atoms with Crippen LogP contribution in [-0.4, -0.2) is 4.57 Å². The Morgan fingerprint density at radius 1 is 1.05 bits per heavy atom. The molecule has 1 heterocycles. The summed E-state index contributed by atoms with van der Waals surface area (Å²) in [6, 6.07) is 17.7. The first-order valence-corrected chi connectivity index (χ1v) is 6.75. The molecule has 102 valence electrons. The first-order chi connectivity index (χ1) is 10.1. The van der Waals surface area contributed by atoms with Gasteiger partial charge < -0.3 is 0 Å². The largest absolute Gasteiger partial charge is 0.280 e. The number of rotatable bonds is 1. The SMILES string of the molecule is Cc1cc(C)n(-c2cccc3ccccc23)c(=O)c1C#N. The molecule has 3 heteroatoms. The van der Waals surface area contributed by atoms with Crippen LogP contribution in [0.4, 0.5) is 0 Å². The minimum absolute atomic E-state index is 0.202. The summed E-state index contributed by atoms with van der Waals surface area (Å²) in [5.74, 6) is 0. The van der Waals surface area contributed by atoms with Gasteiger partial charge in [-0.3, -0.25) is 9.36 Å². The number of nitriles is 1. The fourth-order valence-corrected chi connectivity index (χ4v) is 2.73. The van der Waals surface area contributed by atoms with Crippen LogP contribution in [0.3, 0.4) is 0 Å². The molecule has 2 aromatic carbocycles. The molecule has 0 saturated heterocycles. The number of aromatic nitrogens is 1. The Bertz CT molecular complexity index is 940. The third-order valence-corrected chi connectivity index (χ3v) is 3.71. The van der Waals surface area contributed by atoms with Crippen LogP contribution in [0.2, 0.25) is 0 Å². The molecule has 3 nitrogen and oxygen atoms in total. The number of aryl methyl sites for hydroxylation is 2. The second kappa shape index (κ2) is 4.92. The number of benzene rings is 2. The number of fused-ring (bicyclic) bond motifs is 1. The number of hydrogen-bond donors (Lipinski definition) is 0. The van der Waals surface area contributed by atoms with Crippen molar-refractivity contribution in [1.29, 1.82) is 5.26 Å². The lowest BCUT2D eigenvalue weighted by molar-refractivity contribution is 0.927. The van der Waals surface area contributed by atoms with Gasteiger partial charge in [0.25, 0.3) is 5.56 Å². The molecule has 3 rings (SSSR count). The van der Waals surface area contributed by atoms with E-state index in [1.165, 1.54) is 0 Å². The van der Waals surface area contributed by atoms with Gasteiger partial charge in [0.05, 0.1) is 5.69 Å². The van der Waals surface area contributed by atoms with Gasteiger partial charge in [-0.2, -0.15) is 5.26 Å². The molecule has 21 heavy (non-hydrogen) atoms. The molecule has 0 fully saturated rings. The smallest absolute Gasteiger partial charge is 0.273 e. The van der Waals surface area contributed by atoms with Crippen molar-refractivity contribution in [2.45, 2.75) is 13.8 Å². The molecule has 0 N–H and O–H groups in total. The van der Waals surface area contributed by atoms with Gasteiger partial charge in [-0.05, 0) is 36.9 Å². The van der Waals surface area contributed by atoms with E-state index in [1.807, 2.05) is 61.5 Å². The van der Waals surface area contributed by atoms with Crippen molar-refractivity contribution in [3.63, 3.8) is 0 Å². The van der Waals surface area contributed by atoms with Crippen LogP contribution in [0, 0.1) is 25.2 Å². The van der Waals surface area contributed by atoms with E-state index in [0.29, 0.717) is 0 Å². The second-order valence-corrected chi connectivity index (χ2v) is 5.09. The predicted octanol–water partition coefficient (Wildman–Crippen LogP) is 3.48. The van der Waals surface area contributed by atoms with Crippen LogP contribution in [0.1, 0.15) is 16.8 Å². The van der Waals surface area contributed by atoms with E-state index in [-0.39, 0.29) is 11.1 Å². The van der Waals surface area contributed by atoms with Crippen molar-refractivity contribution in [3.05, 3.63) is 75.7 Å². The van der Waals surface area contributed by atoms with Gasteiger partial charge in [0, 0.05) is 11.1 Å². The Kier molecular flexibility index (Phi) is 3.08. The molecule has 0 bridgehead atoms. The topological polar surface area (TPSA) is 45.8 Å². The van der Waals surface area contributed by atoms with Gasteiger partial charge in [0.2, 0.25) is 0 Å². The van der Waals surface area contributed by atoms with Gasteiger partial charge in [0.1, 0.15) is 11.6 Å². The Morgan fingerprint density at radius 3 is 2.52 bits per heavy atom. The summed E-state index contributed by atoms with van der Waals surface area (Å²) >= 11 is 0. The third-order valence-electron chi connectivity index (χ3n) is 3.71. The number of hydrogen-bond acceptors (Lipinski definition) is 2. The van der Waals surface area contributed by atoms with Gasteiger partial charge in [-0.15, -0.1) is 0 Å². The Hall–Kier alpha value is -2.86. The summed E-state index contributed by atoms with van der Waals surface area (Å²) in [5.41, 5.74) is 2.30. The lowest BCUT2D eigenvalue weighted by Crippen LogP contribution is -2.24. The molecule has 1 aromatic heterocycles. The molecule has 0 aliphatic heterocycles. The summed E-state index contributed by atoms with van der Waals surface area (Å²) in [7, 11) is 0.